The van der Waals surface area contributed by atoms with Gasteiger partial charge in [-0.05, 0) is 62.8 Å². The van der Waals surface area contributed by atoms with Gasteiger partial charge in [0, 0.05) is 12.4 Å². The van der Waals surface area contributed by atoms with Crippen LogP contribution in [-0.2, 0) is 22.7 Å². The minimum atomic E-state index is 0.241. The topological polar surface area (TPSA) is 44.2 Å². The molecule has 2 aromatic rings. The van der Waals surface area contributed by atoms with Crippen molar-refractivity contribution in [1.82, 2.24) is 9.97 Å². The molecule has 0 fully saturated rings. The summed E-state index contributed by atoms with van der Waals surface area (Å²) < 4.78 is 12.1. The average molecular weight is 330 g/mol. The van der Waals surface area contributed by atoms with Crippen molar-refractivity contribution in [2.24, 2.45) is 0 Å². The number of benzene rings is 1. The van der Waals surface area contributed by atoms with Crippen molar-refractivity contribution in [2.45, 2.75) is 79.8 Å². The molecule has 0 aliphatic heterocycles. The number of rotatable bonds is 8. The van der Waals surface area contributed by atoms with E-state index in [9.17, 15) is 0 Å². The van der Waals surface area contributed by atoms with E-state index < -0.39 is 0 Å². The highest BCUT2D eigenvalue weighted by Crippen LogP contribution is 2.29. The number of aromatic nitrogens is 2. The fraction of sp³-hybridized carbons (Fsp3) is 0.600. The molecule has 0 N–H and O–H groups in total. The Hall–Kier alpha value is -1.52. The summed E-state index contributed by atoms with van der Waals surface area (Å²) in [6, 6.07) is 0. The molecule has 1 aromatic carbocycles. The maximum Gasteiger partial charge on any atom is 0.0922 e. The standard InChI is InChI=1S/C20H30N2O2/c1-7-13(3)23-11-17-15(5)19-20(22-10-9-21-19)16(6)18(17)12-24-14(4)8-2/h9-10,13-14H,7-8,11-12H2,1-6H3/t13-,14-/m1/s1. The number of ether oxygens (including phenoxy) is 2. The van der Waals surface area contributed by atoms with Crippen LogP contribution in [0.25, 0.3) is 11.0 Å². The summed E-state index contributed by atoms with van der Waals surface area (Å²) in [4.78, 5) is 9.09. The normalized spacial score (nSPS) is 14.1. The highest BCUT2D eigenvalue weighted by molar-refractivity contribution is 5.83. The third-order valence-corrected chi connectivity index (χ3v) is 4.85. The molecule has 132 valence electrons. The van der Waals surface area contributed by atoms with Gasteiger partial charge in [-0.25, -0.2) is 0 Å². The molecule has 24 heavy (non-hydrogen) atoms. The molecule has 1 heterocycles. The Labute approximate surface area is 145 Å². The minimum absolute atomic E-state index is 0.241. The Morgan fingerprint density at radius 3 is 1.50 bits per heavy atom. The van der Waals surface area contributed by atoms with E-state index in [4.69, 9.17) is 9.47 Å². The van der Waals surface area contributed by atoms with Crippen LogP contribution >= 0.6 is 0 Å². The van der Waals surface area contributed by atoms with Crippen LogP contribution in [0.15, 0.2) is 12.4 Å². The summed E-state index contributed by atoms with van der Waals surface area (Å²) in [5, 5.41) is 0. The van der Waals surface area contributed by atoms with Gasteiger partial charge in [-0.15, -0.1) is 0 Å². The van der Waals surface area contributed by atoms with E-state index in [1.54, 1.807) is 12.4 Å². The monoisotopic (exact) mass is 330 g/mol. The van der Waals surface area contributed by atoms with Gasteiger partial charge in [-0.2, -0.15) is 0 Å². The molecule has 0 radical (unpaired) electrons. The Morgan fingerprint density at radius 2 is 1.17 bits per heavy atom. The second kappa shape index (κ2) is 8.54. The van der Waals surface area contributed by atoms with Gasteiger partial charge in [0.05, 0.1) is 36.5 Å². The summed E-state index contributed by atoms with van der Waals surface area (Å²) in [7, 11) is 0. The minimum Gasteiger partial charge on any atom is -0.374 e. The molecule has 2 atom stereocenters. The number of hydrogen-bond donors (Lipinski definition) is 0. The van der Waals surface area contributed by atoms with Crippen molar-refractivity contribution < 1.29 is 9.47 Å². The molecule has 0 spiro atoms. The molecule has 0 aliphatic rings. The molecule has 4 nitrogen and oxygen atoms in total. The van der Waals surface area contributed by atoms with Crippen LogP contribution in [0.4, 0.5) is 0 Å². The van der Waals surface area contributed by atoms with E-state index >= 15 is 0 Å². The maximum absolute atomic E-state index is 6.03. The molecule has 0 saturated heterocycles. The van der Waals surface area contributed by atoms with Gasteiger partial charge in [0.2, 0.25) is 0 Å². The second-order valence-electron chi connectivity index (χ2n) is 6.52. The van der Waals surface area contributed by atoms with Gasteiger partial charge >= 0.3 is 0 Å². The summed E-state index contributed by atoms with van der Waals surface area (Å²) in [6.45, 7) is 13.9. The van der Waals surface area contributed by atoms with Crippen molar-refractivity contribution in [1.29, 1.82) is 0 Å². The lowest BCUT2D eigenvalue weighted by atomic mass is 9.95. The van der Waals surface area contributed by atoms with E-state index in [-0.39, 0.29) is 12.2 Å². The first-order valence-corrected chi connectivity index (χ1v) is 8.94. The fourth-order valence-electron chi connectivity index (χ4n) is 2.70. The van der Waals surface area contributed by atoms with E-state index in [1.165, 1.54) is 11.1 Å². The molecular formula is C20H30N2O2. The molecule has 4 heteroatoms. The second-order valence-corrected chi connectivity index (χ2v) is 6.52. The SMILES string of the molecule is CC[C@@H](C)OCc1c(CO[C@H](C)CC)c(C)c2nccnc2c1C. The third-order valence-electron chi connectivity index (χ3n) is 4.85. The summed E-state index contributed by atoms with van der Waals surface area (Å²) in [6.07, 6.45) is 6.00. The highest BCUT2D eigenvalue weighted by Gasteiger charge is 2.18. The lowest BCUT2D eigenvalue weighted by Gasteiger charge is -2.21. The van der Waals surface area contributed by atoms with Crippen LogP contribution in [-0.4, -0.2) is 22.2 Å². The zero-order valence-electron chi connectivity index (χ0n) is 15.8. The molecule has 0 aliphatic carbocycles. The number of hydrogen-bond acceptors (Lipinski definition) is 4. The molecule has 0 amide bonds. The summed E-state index contributed by atoms with van der Waals surface area (Å²) in [5.74, 6) is 0. The van der Waals surface area contributed by atoms with Crippen molar-refractivity contribution in [3.05, 3.63) is 34.6 Å². The van der Waals surface area contributed by atoms with Crippen LogP contribution < -0.4 is 0 Å². The van der Waals surface area contributed by atoms with Crippen molar-refractivity contribution in [3.8, 4) is 0 Å². The molecule has 0 saturated carbocycles. The smallest absolute Gasteiger partial charge is 0.0922 e. The predicted octanol–water partition coefficient (Wildman–Crippen LogP) is 4.88. The Bertz CT molecular complexity index is 626. The van der Waals surface area contributed by atoms with Crippen LogP contribution in [0.5, 0.6) is 0 Å². The third kappa shape index (κ3) is 4.11. The molecule has 2 rings (SSSR count). The Morgan fingerprint density at radius 1 is 0.792 bits per heavy atom. The molecule has 0 bridgehead atoms. The fourth-order valence-corrected chi connectivity index (χ4v) is 2.70. The van der Waals surface area contributed by atoms with Crippen molar-refractivity contribution in [3.63, 3.8) is 0 Å². The first-order chi connectivity index (χ1) is 11.5. The van der Waals surface area contributed by atoms with E-state index in [0.717, 1.165) is 35.0 Å². The molecular weight excluding hydrogens is 300 g/mol. The highest BCUT2D eigenvalue weighted by atomic mass is 16.5. The Kier molecular flexibility index (Phi) is 6.69. The Balaban J connectivity index is 2.47. The number of aryl methyl sites for hydroxylation is 2. The van der Waals surface area contributed by atoms with Crippen LogP contribution in [0.2, 0.25) is 0 Å². The van der Waals surface area contributed by atoms with Crippen molar-refractivity contribution in [2.75, 3.05) is 0 Å². The first kappa shape index (κ1) is 18.8. The van der Waals surface area contributed by atoms with Gasteiger partial charge in [0.15, 0.2) is 0 Å². The zero-order chi connectivity index (χ0) is 17.7. The van der Waals surface area contributed by atoms with Gasteiger partial charge in [0.1, 0.15) is 0 Å². The quantitative estimate of drug-likeness (QED) is 0.692. The van der Waals surface area contributed by atoms with Crippen molar-refractivity contribution >= 4 is 11.0 Å². The number of fused-ring (bicyclic) bond motifs is 1. The average Bonchev–Trinajstić information content (AvgIpc) is 2.61. The van der Waals surface area contributed by atoms with Gasteiger partial charge in [-0.3, -0.25) is 9.97 Å². The zero-order valence-corrected chi connectivity index (χ0v) is 15.8. The summed E-state index contributed by atoms with van der Waals surface area (Å²) >= 11 is 0. The van der Waals surface area contributed by atoms with E-state index in [2.05, 4.69) is 51.5 Å². The lowest BCUT2D eigenvalue weighted by molar-refractivity contribution is 0.0393. The molecule has 0 unspecified atom stereocenters. The van der Waals surface area contributed by atoms with Crippen LogP contribution in [0, 0.1) is 13.8 Å². The van der Waals surface area contributed by atoms with Crippen LogP contribution in [0.1, 0.15) is 62.8 Å². The van der Waals surface area contributed by atoms with Gasteiger partial charge in [-0.1, -0.05) is 13.8 Å². The predicted molar refractivity (Wildman–Crippen MR) is 98.1 cm³/mol. The van der Waals surface area contributed by atoms with E-state index in [0.29, 0.717) is 13.2 Å². The molecule has 1 aromatic heterocycles. The largest absolute Gasteiger partial charge is 0.374 e. The summed E-state index contributed by atoms with van der Waals surface area (Å²) in [5.41, 5.74) is 6.62. The number of nitrogens with zero attached hydrogens (tertiary/aromatic N) is 2. The lowest BCUT2D eigenvalue weighted by Crippen LogP contribution is -2.13. The van der Waals surface area contributed by atoms with Gasteiger partial charge in [0.25, 0.3) is 0 Å². The van der Waals surface area contributed by atoms with Gasteiger partial charge < -0.3 is 9.47 Å². The van der Waals surface area contributed by atoms with Crippen LogP contribution in [0.3, 0.4) is 0 Å². The first-order valence-electron chi connectivity index (χ1n) is 8.94. The van der Waals surface area contributed by atoms with E-state index in [1.807, 2.05) is 0 Å². The maximum atomic E-state index is 6.03.